The summed E-state index contributed by atoms with van der Waals surface area (Å²) >= 11 is 0. The maximum atomic E-state index is 13.0. The Hall–Kier alpha value is -2.57. The molecule has 0 amide bonds. The smallest absolute Gasteiger partial charge is 0.331 e. The molecule has 3 aliphatic carbocycles. The fourth-order valence-corrected chi connectivity index (χ4v) is 9.24. The second kappa shape index (κ2) is 8.47. The summed E-state index contributed by atoms with van der Waals surface area (Å²) in [5.41, 5.74) is 0.489. The van der Waals surface area contributed by atoms with Crippen LogP contribution in [-0.4, -0.2) is 30.1 Å². The highest BCUT2D eigenvalue weighted by Gasteiger charge is 2.70. The van der Waals surface area contributed by atoms with Crippen LogP contribution >= 0.6 is 0 Å². The van der Waals surface area contributed by atoms with Gasteiger partial charge in [0, 0.05) is 41.7 Å². The molecule has 7 heteroatoms. The van der Waals surface area contributed by atoms with Crippen LogP contribution in [0.15, 0.2) is 34.7 Å². The first-order valence-electron chi connectivity index (χ1n) is 13.5. The Morgan fingerprint density at radius 2 is 1.62 bits per heavy atom. The summed E-state index contributed by atoms with van der Waals surface area (Å²) in [6.45, 7) is 14.0. The Bertz CT molecular complexity index is 1130. The van der Waals surface area contributed by atoms with E-state index in [1.54, 1.807) is 18.6 Å². The Morgan fingerprint density at radius 3 is 2.24 bits per heavy atom. The van der Waals surface area contributed by atoms with Crippen molar-refractivity contribution in [2.45, 2.75) is 98.9 Å². The van der Waals surface area contributed by atoms with Gasteiger partial charge in [0.15, 0.2) is 0 Å². The number of hydrogen-bond donors (Lipinski definition) is 0. The van der Waals surface area contributed by atoms with Crippen molar-refractivity contribution in [3.05, 3.63) is 35.8 Å². The van der Waals surface area contributed by atoms with Crippen molar-refractivity contribution in [1.82, 2.24) is 0 Å². The van der Waals surface area contributed by atoms with Gasteiger partial charge in [-0.25, -0.2) is 4.79 Å². The third-order valence-electron chi connectivity index (χ3n) is 10.8. The number of carbonyl (C=O) groups excluding carboxylic acids is 3. The number of rotatable bonds is 3. The molecule has 3 saturated carbocycles. The Morgan fingerprint density at radius 1 is 0.946 bits per heavy atom. The summed E-state index contributed by atoms with van der Waals surface area (Å²) in [5, 5.41) is 0. The lowest BCUT2D eigenvalue weighted by Gasteiger charge is -2.69. The Kier molecular flexibility index (Phi) is 5.96. The average Bonchev–Trinajstić information content (AvgIpc) is 3.32. The molecule has 1 aromatic heterocycles. The fourth-order valence-electron chi connectivity index (χ4n) is 9.24. The van der Waals surface area contributed by atoms with Crippen LogP contribution in [0.3, 0.4) is 0 Å². The third kappa shape index (κ3) is 3.70. The standard InChI is InChI=1S/C30H40O7/c1-17(31)35-23-9-12-28(5)20-8-11-29(6)22(15-25(33)37-26(29)19-10-13-34-16-19)30(20,7)24(36-18(2)32)14-21(28)27(23,3)4/h10,13,15-16,20-21,23-24,26H,8-9,11-12,14H2,1-7H3/t20-,21-,23+,24+,26-,28-,29-,30+/m0/s1. The largest absolute Gasteiger partial charge is 0.472 e. The van der Waals surface area contributed by atoms with Gasteiger partial charge < -0.3 is 18.6 Å². The van der Waals surface area contributed by atoms with E-state index in [4.69, 9.17) is 18.6 Å². The van der Waals surface area contributed by atoms with Crippen LogP contribution in [-0.2, 0) is 28.6 Å². The zero-order valence-corrected chi connectivity index (χ0v) is 23.1. The number of furan rings is 1. The monoisotopic (exact) mass is 512 g/mol. The molecular formula is C30H40O7. The molecule has 1 aliphatic heterocycles. The van der Waals surface area contributed by atoms with Crippen molar-refractivity contribution >= 4 is 17.9 Å². The van der Waals surface area contributed by atoms with Crippen LogP contribution in [0, 0.1) is 33.5 Å². The number of ether oxygens (including phenoxy) is 3. The SMILES string of the molecule is CC(=O)O[C@@H]1CC[C@]2(C)[C@@H](C[C@@H](OC(C)=O)[C@@]3(C)C4=CC(=O)O[C@@H](c5ccoc5)[C@@]4(C)CC[C@@H]23)C1(C)C. The quantitative estimate of drug-likeness (QED) is 0.366. The highest BCUT2D eigenvalue weighted by atomic mass is 16.6. The third-order valence-corrected chi connectivity index (χ3v) is 10.8. The minimum atomic E-state index is -0.546. The number of esters is 3. The summed E-state index contributed by atoms with van der Waals surface area (Å²) in [5.74, 6) is -0.602. The van der Waals surface area contributed by atoms with Crippen molar-refractivity contribution in [2.75, 3.05) is 0 Å². The van der Waals surface area contributed by atoms with Crippen molar-refractivity contribution < 1.29 is 33.0 Å². The minimum absolute atomic E-state index is 0.0831. The first-order chi connectivity index (χ1) is 17.2. The molecule has 5 rings (SSSR count). The van der Waals surface area contributed by atoms with Crippen molar-refractivity contribution in [1.29, 1.82) is 0 Å². The molecule has 0 unspecified atom stereocenters. The van der Waals surface area contributed by atoms with Crippen LogP contribution in [0.25, 0.3) is 0 Å². The minimum Gasteiger partial charge on any atom is -0.472 e. The molecule has 0 N–H and O–H groups in total. The van der Waals surface area contributed by atoms with Gasteiger partial charge in [-0.15, -0.1) is 0 Å². The maximum absolute atomic E-state index is 13.0. The van der Waals surface area contributed by atoms with Gasteiger partial charge in [-0.05, 0) is 61.0 Å². The zero-order valence-electron chi connectivity index (χ0n) is 23.1. The number of carbonyl (C=O) groups is 3. The first-order valence-corrected chi connectivity index (χ1v) is 13.5. The normalized spacial score (nSPS) is 42.3. The van der Waals surface area contributed by atoms with Gasteiger partial charge in [0.1, 0.15) is 18.3 Å². The average molecular weight is 513 g/mol. The summed E-state index contributed by atoms with van der Waals surface area (Å²) in [6, 6.07) is 1.86. The van der Waals surface area contributed by atoms with Crippen molar-refractivity contribution in [3.8, 4) is 0 Å². The summed E-state index contributed by atoms with van der Waals surface area (Å²) in [7, 11) is 0. The molecule has 0 radical (unpaired) electrons. The lowest BCUT2D eigenvalue weighted by atomic mass is 9.36. The molecular weight excluding hydrogens is 472 g/mol. The van der Waals surface area contributed by atoms with Gasteiger partial charge in [-0.1, -0.05) is 34.6 Å². The second-order valence-electron chi connectivity index (χ2n) is 13.1. The van der Waals surface area contributed by atoms with Gasteiger partial charge in [0.05, 0.1) is 12.5 Å². The number of cyclic esters (lactones) is 1. The van der Waals surface area contributed by atoms with Gasteiger partial charge in [0.2, 0.25) is 0 Å². The highest BCUT2D eigenvalue weighted by Crippen LogP contribution is 2.73. The van der Waals surface area contributed by atoms with Gasteiger partial charge in [0.25, 0.3) is 0 Å². The second-order valence-corrected chi connectivity index (χ2v) is 13.1. The molecule has 0 saturated heterocycles. The van der Waals surface area contributed by atoms with E-state index in [2.05, 4.69) is 34.6 Å². The topological polar surface area (TPSA) is 92.0 Å². The molecule has 37 heavy (non-hydrogen) atoms. The molecule has 4 aliphatic rings. The first kappa shape index (κ1) is 26.1. The lowest BCUT2D eigenvalue weighted by Crippen LogP contribution is -2.67. The molecule has 0 aromatic carbocycles. The maximum Gasteiger partial charge on any atom is 0.331 e. The molecule has 0 spiro atoms. The van der Waals surface area contributed by atoms with Crippen LogP contribution < -0.4 is 0 Å². The van der Waals surface area contributed by atoms with E-state index in [1.165, 1.54) is 13.8 Å². The van der Waals surface area contributed by atoms with E-state index in [0.29, 0.717) is 6.42 Å². The number of hydrogen-bond acceptors (Lipinski definition) is 7. The van der Waals surface area contributed by atoms with E-state index in [-0.39, 0.29) is 46.7 Å². The molecule has 1 aromatic rings. The van der Waals surface area contributed by atoms with Gasteiger partial charge in [-0.2, -0.15) is 0 Å². The Balaban J connectivity index is 1.63. The predicted molar refractivity (Wildman–Crippen MR) is 135 cm³/mol. The van der Waals surface area contributed by atoms with E-state index in [1.807, 2.05) is 6.07 Å². The molecule has 202 valence electrons. The van der Waals surface area contributed by atoms with Crippen LogP contribution in [0.2, 0.25) is 0 Å². The number of fused-ring (bicyclic) bond motifs is 5. The fraction of sp³-hybridized carbons (Fsp3) is 0.700. The molecule has 8 atom stereocenters. The summed E-state index contributed by atoms with van der Waals surface area (Å²) in [6.07, 6.45) is 7.98. The van der Waals surface area contributed by atoms with Crippen molar-refractivity contribution in [3.63, 3.8) is 0 Å². The van der Waals surface area contributed by atoms with E-state index in [9.17, 15) is 14.4 Å². The molecule has 2 heterocycles. The Labute approximate surface area is 219 Å². The summed E-state index contributed by atoms with van der Waals surface area (Å²) in [4.78, 5) is 37.4. The lowest BCUT2D eigenvalue weighted by molar-refractivity contribution is -0.230. The predicted octanol–water partition coefficient (Wildman–Crippen LogP) is 5.94. The zero-order chi connectivity index (χ0) is 27.0. The molecule has 0 bridgehead atoms. The van der Waals surface area contributed by atoms with Crippen molar-refractivity contribution in [2.24, 2.45) is 33.5 Å². The summed E-state index contributed by atoms with van der Waals surface area (Å²) < 4.78 is 23.3. The van der Waals surface area contributed by atoms with Crippen LogP contribution in [0.1, 0.15) is 92.2 Å². The highest BCUT2D eigenvalue weighted by molar-refractivity contribution is 5.85. The van der Waals surface area contributed by atoms with Gasteiger partial charge >= 0.3 is 17.9 Å². The van der Waals surface area contributed by atoms with Crippen LogP contribution in [0.4, 0.5) is 0 Å². The molecule has 7 nitrogen and oxygen atoms in total. The van der Waals surface area contributed by atoms with E-state index >= 15 is 0 Å². The van der Waals surface area contributed by atoms with Gasteiger partial charge in [-0.3, -0.25) is 9.59 Å². The van der Waals surface area contributed by atoms with E-state index < -0.39 is 23.0 Å². The van der Waals surface area contributed by atoms with E-state index in [0.717, 1.165) is 36.8 Å². The molecule has 3 fully saturated rings. The van der Waals surface area contributed by atoms with Crippen LogP contribution in [0.5, 0.6) is 0 Å².